The van der Waals surface area contributed by atoms with Gasteiger partial charge in [0.1, 0.15) is 0 Å². The van der Waals surface area contributed by atoms with Gasteiger partial charge in [0.2, 0.25) is 10.0 Å². The Morgan fingerprint density at radius 2 is 1.85 bits per heavy atom. The summed E-state index contributed by atoms with van der Waals surface area (Å²) >= 11 is 0. The molecule has 26 heavy (non-hydrogen) atoms. The number of para-hydroxylation sites is 1. The van der Waals surface area contributed by atoms with E-state index in [-0.39, 0.29) is 17.5 Å². The Balaban J connectivity index is 2.10. The molecule has 0 spiro atoms. The smallest absolute Gasteiger partial charge is 0.337 e. The second kappa shape index (κ2) is 8.33. The fourth-order valence-corrected chi connectivity index (χ4v) is 3.90. The zero-order valence-electron chi connectivity index (χ0n) is 15.4. The minimum atomic E-state index is -3.68. The molecule has 0 aliphatic rings. The molecule has 0 saturated heterocycles. The zero-order chi connectivity index (χ0) is 19.3. The number of ether oxygens (including phenoxy) is 1. The van der Waals surface area contributed by atoms with Crippen LogP contribution in [0.5, 0.6) is 0 Å². The third-order valence-electron chi connectivity index (χ3n) is 4.28. The minimum absolute atomic E-state index is 0.0400. The molecule has 2 rings (SSSR count). The van der Waals surface area contributed by atoms with E-state index < -0.39 is 16.0 Å². The van der Waals surface area contributed by atoms with Crippen molar-refractivity contribution >= 4 is 21.7 Å². The van der Waals surface area contributed by atoms with E-state index in [2.05, 4.69) is 9.46 Å². The average Bonchev–Trinajstić information content (AvgIpc) is 2.65. The van der Waals surface area contributed by atoms with Crippen molar-refractivity contribution in [1.82, 2.24) is 4.72 Å². The number of benzene rings is 2. The fraction of sp³-hybridized carbons (Fsp3) is 0.316. The molecular weight excluding hydrogens is 352 g/mol. The largest absolute Gasteiger partial charge is 0.465 e. The number of anilines is 1. The highest BCUT2D eigenvalue weighted by Gasteiger charge is 2.20. The molecule has 0 aliphatic heterocycles. The molecule has 0 fully saturated rings. The monoisotopic (exact) mass is 376 g/mol. The lowest BCUT2D eigenvalue weighted by atomic mass is 10.1. The second-order valence-corrected chi connectivity index (χ2v) is 7.85. The lowest BCUT2D eigenvalue weighted by Gasteiger charge is -2.27. The quantitative estimate of drug-likeness (QED) is 0.752. The predicted molar refractivity (Wildman–Crippen MR) is 102 cm³/mol. The van der Waals surface area contributed by atoms with Crippen LogP contribution in [0.4, 0.5) is 5.69 Å². The Morgan fingerprint density at radius 1 is 1.19 bits per heavy atom. The molecule has 1 N–H and O–H groups in total. The van der Waals surface area contributed by atoms with E-state index >= 15 is 0 Å². The maximum atomic E-state index is 12.6. The maximum absolute atomic E-state index is 12.6. The summed E-state index contributed by atoms with van der Waals surface area (Å²) in [7, 11) is -0.472. The molecule has 2 aromatic carbocycles. The standard InChI is InChI=1S/C19H24N2O4S/c1-14-12-16(19(22)25-4)10-11-18(14)26(23,24)20-13-15(2)21(3)17-8-6-5-7-9-17/h5-12,15,20H,13H2,1-4H3. The summed E-state index contributed by atoms with van der Waals surface area (Å²) in [5.41, 5.74) is 1.82. The molecular formula is C19H24N2O4S. The van der Waals surface area contributed by atoms with E-state index in [0.29, 0.717) is 11.1 Å². The van der Waals surface area contributed by atoms with Gasteiger partial charge in [0.15, 0.2) is 0 Å². The van der Waals surface area contributed by atoms with Crippen molar-refractivity contribution in [2.45, 2.75) is 24.8 Å². The lowest BCUT2D eigenvalue weighted by Crippen LogP contribution is -2.40. The predicted octanol–water partition coefficient (Wildman–Crippen LogP) is 2.58. The number of methoxy groups -OCH3 is 1. The highest BCUT2D eigenvalue weighted by atomic mass is 32.2. The summed E-state index contributed by atoms with van der Waals surface area (Å²) < 4.78 is 32.5. The van der Waals surface area contributed by atoms with E-state index in [1.165, 1.54) is 25.3 Å². The number of hydrogen-bond acceptors (Lipinski definition) is 5. The van der Waals surface area contributed by atoms with Gasteiger partial charge in [-0.15, -0.1) is 0 Å². The molecule has 0 bridgehead atoms. The highest BCUT2D eigenvalue weighted by molar-refractivity contribution is 7.89. The van der Waals surface area contributed by atoms with E-state index in [1.807, 2.05) is 49.2 Å². The number of nitrogens with zero attached hydrogens (tertiary/aromatic N) is 1. The molecule has 0 saturated carbocycles. The van der Waals surface area contributed by atoms with Crippen molar-refractivity contribution in [3.63, 3.8) is 0 Å². The lowest BCUT2D eigenvalue weighted by molar-refractivity contribution is 0.0600. The van der Waals surface area contributed by atoms with Gasteiger partial charge in [-0.25, -0.2) is 17.9 Å². The number of aryl methyl sites for hydroxylation is 1. The van der Waals surface area contributed by atoms with E-state index in [1.54, 1.807) is 6.92 Å². The van der Waals surface area contributed by atoms with Gasteiger partial charge >= 0.3 is 5.97 Å². The Morgan fingerprint density at radius 3 is 2.42 bits per heavy atom. The number of esters is 1. The van der Waals surface area contributed by atoms with Gasteiger partial charge in [-0.3, -0.25) is 0 Å². The van der Waals surface area contributed by atoms with Gasteiger partial charge in [-0.2, -0.15) is 0 Å². The SMILES string of the molecule is COC(=O)c1ccc(S(=O)(=O)NCC(C)N(C)c2ccccc2)c(C)c1. The zero-order valence-corrected chi connectivity index (χ0v) is 16.2. The van der Waals surface area contributed by atoms with Crippen molar-refractivity contribution in [3.8, 4) is 0 Å². The number of hydrogen-bond donors (Lipinski definition) is 1. The van der Waals surface area contributed by atoms with Crippen molar-refractivity contribution in [3.05, 3.63) is 59.7 Å². The van der Waals surface area contributed by atoms with Crippen LogP contribution in [0.25, 0.3) is 0 Å². The molecule has 2 aromatic rings. The molecule has 7 heteroatoms. The number of rotatable bonds is 7. The van der Waals surface area contributed by atoms with Crippen molar-refractivity contribution < 1.29 is 17.9 Å². The highest BCUT2D eigenvalue weighted by Crippen LogP contribution is 2.18. The number of sulfonamides is 1. The minimum Gasteiger partial charge on any atom is -0.465 e. The molecule has 0 aliphatic carbocycles. The third-order valence-corrected chi connectivity index (χ3v) is 5.86. The summed E-state index contributed by atoms with van der Waals surface area (Å²) in [6, 6.07) is 14.1. The number of nitrogens with one attached hydrogen (secondary N) is 1. The van der Waals surface area contributed by atoms with E-state index in [4.69, 9.17) is 0 Å². The van der Waals surface area contributed by atoms with Crippen LogP contribution in [0, 0.1) is 6.92 Å². The summed E-state index contributed by atoms with van der Waals surface area (Å²) in [5, 5.41) is 0. The first-order valence-electron chi connectivity index (χ1n) is 8.22. The topological polar surface area (TPSA) is 75.7 Å². The van der Waals surface area contributed by atoms with E-state index in [0.717, 1.165) is 5.69 Å². The van der Waals surface area contributed by atoms with Gasteiger partial charge in [0.05, 0.1) is 17.6 Å². The first-order valence-corrected chi connectivity index (χ1v) is 9.71. The average molecular weight is 376 g/mol. The summed E-state index contributed by atoms with van der Waals surface area (Å²) in [6.45, 7) is 3.86. The van der Waals surface area contributed by atoms with Crippen LogP contribution in [-0.2, 0) is 14.8 Å². The Hall–Kier alpha value is -2.38. The molecule has 0 heterocycles. The first kappa shape index (κ1) is 19.9. The van der Waals surface area contributed by atoms with Gasteiger partial charge in [-0.05, 0) is 49.7 Å². The fourth-order valence-electron chi connectivity index (χ4n) is 2.56. The van der Waals surface area contributed by atoms with Gasteiger partial charge in [0.25, 0.3) is 0 Å². The van der Waals surface area contributed by atoms with Gasteiger partial charge in [-0.1, -0.05) is 18.2 Å². The second-order valence-electron chi connectivity index (χ2n) is 6.12. The molecule has 1 unspecified atom stereocenters. The molecule has 140 valence electrons. The number of carbonyl (C=O) groups excluding carboxylic acids is 1. The molecule has 1 atom stereocenters. The summed E-state index contributed by atoms with van der Waals surface area (Å²) in [5.74, 6) is -0.497. The Kier molecular flexibility index (Phi) is 6.39. The first-order chi connectivity index (χ1) is 12.3. The van der Waals surface area contributed by atoms with E-state index in [9.17, 15) is 13.2 Å². The van der Waals surface area contributed by atoms with Crippen molar-refractivity contribution in [2.24, 2.45) is 0 Å². The Labute approximate surface area is 154 Å². The number of likely N-dealkylation sites (N-methyl/N-ethyl adjacent to an activating group) is 1. The molecule has 0 aromatic heterocycles. The van der Waals surface area contributed by atoms with Crippen LogP contribution in [0.2, 0.25) is 0 Å². The summed E-state index contributed by atoms with van der Waals surface area (Å²) in [6.07, 6.45) is 0. The van der Waals surface area contributed by atoms with Crippen LogP contribution in [0.15, 0.2) is 53.4 Å². The maximum Gasteiger partial charge on any atom is 0.337 e. The molecule has 0 amide bonds. The Bertz CT molecular complexity index is 866. The van der Waals surface area contributed by atoms with Crippen LogP contribution >= 0.6 is 0 Å². The normalized spacial score (nSPS) is 12.5. The number of carbonyl (C=O) groups is 1. The van der Waals surface area contributed by atoms with Crippen molar-refractivity contribution in [1.29, 1.82) is 0 Å². The van der Waals surface area contributed by atoms with Crippen LogP contribution in [0.1, 0.15) is 22.8 Å². The van der Waals surface area contributed by atoms with Crippen LogP contribution in [-0.4, -0.2) is 41.1 Å². The van der Waals surface area contributed by atoms with Crippen molar-refractivity contribution in [2.75, 3.05) is 25.6 Å². The third kappa shape index (κ3) is 4.62. The van der Waals surface area contributed by atoms with Crippen LogP contribution in [0.3, 0.4) is 0 Å². The van der Waals surface area contributed by atoms with Gasteiger partial charge < -0.3 is 9.64 Å². The van der Waals surface area contributed by atoms with Crippen LogP contribution < -0.4 is 9.62 Å². The van der Waals surface area contributed by atoms with Gasteiger partial charge in [0, 0.05) is 25.3 Å². The molecule has 0 radical (unpaired) electrons. The summed E-state index contributed by atoms with van der Waals surface area (Å²) in [4.78, 5) is 13.7. The molecule has 6 nitrogen and oxygen atoms in total.